The summed E-state index contributed by atoms with van der Waals surface area (Å²) >= 11 is 0. The molecule has 3 aromatic heterocycles. The highest BCUT2D eigenvalue weighted by Gasteiger charge is 2.21. The molecule has 0 N–H and O–H groups in total. The van der Waals surface area contributed by atoms with E-state index in [1.165, 1.54) is 0 Å². The van der Waals surface area contributed by atoms with E-state index < -0.39 is 0 Å². The number of carbonyl (C=O) groups excluding carboxylic acids is 1. The third-order valence-corrected chi connectivity index (χ3v) is 6.48. The Bertz CT molecular complexity index is 1280. The molecule has 4 aromatic rings. The lowest BCUT2D eigenvalue weighted by Crippen LogP contribution is -2.33. The normalized spacial score (nSPS) is 14.8. The second kappa shape index (κ2) is 9.65. The Kier molecular flexibility index (Phi) is 6.27. The molecule has 0 radical (unpaired) electrons. The minimum atomic E-state index is 0.150. The lowest BCUT2D eigenvalue weighted by atomic mass is 10.1. The minimum absolute atomic E-state index is 0.150. The van der Waals surface area contributed by atoms with Crippen LogP contribution in [0.2, 0.25) is 0 Å². The summed E-state index contributed by atoms with van der Waals surface area (Å²) in [6.45, 7) is 5.77. The lowest BCUT2D eigenvalue weighted by molar-refractivity contribution is -0.128. The van der Waals surface area contributed by atoms with Gasteiger partial charge in [-0.2, -0.15) is 0 Å². The molecule has 1 saturated heterocycles. The highest BCUT2D eigenvalue weighted by Crippen LogP contribution is 2.29. The van der Waals surface area contributed by atoms with Crippen molar-refractivity contribution in [3.05, 3.63) is 72.8 Å². The van der Waals surface area contributed by atoms with Crippen LogP contribution in [-0.4, -0.2) is 63.4 Å². The number of ether oxygens (including phenoxy) is 1. The molecule has 174 valence electrons. The summed E-state index contributed by atoms with van der Waals surface area (Å²) in [5.41, 5.74) is 6.25. The number of pyridine rings is 2. The summed E-state index contributed by atoms with van der Waals surface area (Å²) in [4.78, 5) is 25.6. The molecule has 34 heavy (non-hydrogen) atoms. The van der Waals surface area contributed by atoms with E-state index in [2.05, 4.69) is 50.8 Å². The summed E-state index contributed by atoms with van der Waals surface area (Å²) in [7, 11) is 1.68. The molecule has 1 amide bonds. The van der Waals surface area contributed by atoms with Crippen LogP contribution in [0.4, 0.5) is 0 Å². The summed E-state index contributed by atoms with van der Waals surface area (Å²) in [5.74, 6) is 0.974. The number of imidazole rings is 1. The average Bonchev–Trinajstić information content (AvgIpc) is 3.05. The molecule has 1 fully saturated rings. The molecule has 5 rings (SSSR count). The number of aromatic nitrogens is 3. The fraction of sp³-hybridized carbons (Fsp3) is 0.296. The van der Waals surface area contributed by atoms with Crippen molar-refractivity contribution in [2.24, 2.45) is 0 Å². The Hall–Kier alpha value is -3.71. The first-order chi connectivity index (χ1) is 16.6. The smallest absolute Gasteiger partial charge is 0.219 e. The molecule has 0 aliphatic carbocycles. The van der Waals surface area contributed by atoms with Gasteiger partial charge in [-0.3, -0.25) is 14.7 Å². The van der Waals surface area contributed by atoms with E-state index in [1.54, 1.807) is 20.2 Å². The van der Waals surface area contributed by atoms with Crippen molar-refractivity contribution >= 4 is 11.6 Å². The van der Waals surface area contributed by atoms with Crippen LogP contribution < -0.4 is 4.74 Å². The summed E-state index contributed by atoms with van der Waals surface area (Å²) < 4.78 is 7.56. The van der Waals surface area contributed by atoms with Crippen LogP contribution in [0.25, 0.3) is 28.0 Å². The van der Waals surface area contributed by atoms with Crippen LogP contribution in [0.3, 0.4) is 0 Å². The molecule has 0 atom stereocenters. The van der Waals surface area contributed by atoms with E-state index >= 15 is 0 Å². The maximum atomic E-state index is 11.9. The molecule has 7 nitrogen and oxygen atoms in total. The van der Waals surface area contributed by atoms with Crippen LogP contribution in [0, 0.1) is 0 Å². The summed E-state index contributed by atoms with van der Waals surface area (Å²) in [6, 6.07) is 16.3. The third-order valence-electron chi connectivity index (χ3n) is 6.48. The standard InChI is InChI=1S/C27H29N5O2/c1-20(33)31-14-4-13-30(15-16-31)19-25-27(21-6-9-24(34-2)10-7-21)29-26-11-8-23(18-32(25)26)22-5-3-12-28-17-22/h3,5-12,17-18H,4,13-16,19H2,1-2H3. The lowest BCUT2D eigenvalue weighted by Gasteiger charge is -2.21. The number of carbonyl (C=O) groups is 1. The SMILES string of the molecule is COc1ccc(-c2nc3ccc(-c4cccnc4)cn3c2CN2CCCN(C(C)=O)CC2)cc1. The maximum Gasteiger partial charge on any atom is 0.219 e. The second-order valence-electron chi connectivity index (χ2n) is 8.66. The Balaban J connectivity index is 1.56. The first-order valence-corrected chi connectivity index (χ1v) is 11.7. The van der Waals surface area contributed by atoms with Crippen LogP contribution in [0.15, 0.2) is 67.1 Å². The predicted molar refractivity (Wildman–Crippen MR) is 133 cm³/mol. The van der Waals surface area contributed by atoms with Gasteiger partial charge in [0.15, 0.2) is 0 Å². The number of rotatable bonds is 5. The van der Waals surface area contributed by atoms with E-state index in [1.807, 2.05) is 29.3 Å². The Labute approximate surface area is 199 Å². The molecule has 0 unspecified atom stereocenters. The van der Waals surface area contributed by atoms with Gasteiger partial charge in [0.2, 0.25) is 5.91 Å². The highest BCUT2D eigenvalue weighted by molar-refractivity contribution is 5.73. The summed E-state index contributed by atoms with van der Waals surface area (Å²) in [6.07, 6.45) is 6.79. The van der Waals surface area contributed by atoms with Crippen molar-refractivity contribution in [1.82, 2.24) is 24.2 Å². The Morgan fingerprint density at radius 1 is 0.971 bits per heavy atom. The Morgan fingerprint density at radius 2 is 1.79 bits per heavy atom. The molecule has 1 aliphatic rings. The van der Waals surface area contributed by atoms with Gasteiger partial charge in [0.05, 0.1) is 18.5 Å². The van der Waals surface area contributed by atoms with Gasteiger partial charge in [0.25, 0.3) is 0 Å². The van der Waals surface area contributed by atoms with Gasteiger partial charge in [0, 0.05) is 74.9 Å². The van der Waals surface area contributed by atoms with Gasteiger partial charge in [-0.05, 0) is 48.9 Å². The zero-order chi connectivity index (χ0) is 23.5. The number of hydrogen-bond donors (Lipinski definition) is 0. The van der Waals surface area contributed by atoms with Gasteiger partial charge < -0.3 is 14.0 Å². The van der Waals surface area contributed by atoms with Crippen LogP contribution >= 0.6 is 0 Å². The van der Waals surface area contributed by atoms with Gasteiger partial charge in [0.1, 0.15) is 11.4 Å². The summed E-state index contributed by atoms with van der Waals surface area (Å²) in [5, 5.41) is 0. The van der Waals surface area contributed by atoms with E-state index in [0.29, 0.717) is 0 Å². The van der Waals surface area contributed by atoms with E-state index in [-0.39, 0.29) is 5.91 Å². The average molecular weight is 456 g/mol. The molecule has 7 heteroatoms. The van der Waals surface area contributed by atoms with Crippen LogP contribution in [0.5, 0.6) is 5.75 Å². The van der Waals surface area contributed by atoms with Crippen molar-refractivity contribution in [2.45, 2.75) is 19.9 Å². The molecule has 0 saturated carbocycles. The van der Waals surface area contributed by atoms with E-state index in [9.17, 15) is 4.79 Å². The molecular formula is C27H29N5O2. The molecule has 1 aliphatic heterocycles. The molecule has 0 bridgehead atoms. The number of fused-ring (bicyclic) bond motifs is 1. The monoisotopic (exact) mass is 455 g/mol. The van der Waals surface area contributed by atoms with Gasteiger partial charge in [-0.25, -0.2) is 4.98 Å². The van der Waals surface area contributed by atoms with Crippen LogP contribution in [0.1, 0.15) is 19.0 Å². The molecule has 1 aromatic carbocycles. The predicted octanol–water partition coefficient (Wildman–Crippen LogP) is 4.13. The van der Waals surface area contributed by atoms with E-state index in [0.717, 1.165) is 78.6 Å². The molecule has 0 spiro atoms. The maximum absolute atomic E-state index is 11.9. The van der Waals surface area contributed by atoms with Crippen LogP contribution in [-0.2, 0) is 11.3 Å². The third kappa shape index (κ3) is 4.52. The van der Waals surface area contributed by atoms with Crippen molar-refractivity contribution in [1.29, 1.82) is 0 Å². The van der Waals surface area contributed by atoms with Crippen molar-refractivity contribution < 1.29 is 9.53 Å². The highest BCUT2D eigenvalue weighted by atomic mass is 16.5. The van der Waals surface area contributed by atoms with Gasteiger partial charge >= 0.3 is 0 Å². The van der Waals surface area contributed by atoms with Crippen molar-refractivity contribution in [2.75, 3.05) is 33.3 Å². The number of nitrogens with zero attached hydrogens (tertiary/aromatic N) is 5. The first-order valence-electron chi connectivity index (χ1n) is 11.7. The number of methoxy groups -OCH3 is 1. The van der Waals surface area contributed by atoms with Crippen molar-refractivity contribution in [3.63, 3.8) is 0 Å². The molecule has 4 heterocycles. The Morgan fingerprint density at radius 3 is 2.53 bits per heavy atom. The van der Waals surface area contributed by atoms with E-state index in [4.69, 9.17) is 9.72 Å². The second-order valence-corrected chi connectivity index (χ2v) is 8.66. The molecular weight excluding hydrogens is 426 g/mol. The topological polar surface area (TPSA) is 63.0 Å². The van der Waals surface area contributed by atoms with Crippen molar-refractivity contribution in [3.8, 4) is 28.1 Å². The number of amides is 1. The van der Waals surface area contributed by atoms with Gasteiger partial charge in [-0.15, -0.1) is 0 Å². The largest absolute Gasteiger partial charge is 0.497 e. The zero-order valence-electron chi connectivity index (χ0n) is 19.6. The fourth-order valence-electron chi connectivity index (χ4n) is 4.58. The first kappa shape index (κ1) is 22.1. The number of benzene rings is 1. The fourth-order valence-corrected chi connectivity index (χ4v) is 4.58. The number of hydrogen-bond acceptors (Lipinski definition) is 5. The zero-order valence-corrected chi connectivity index (χ0v) is 19.6. The van der Waals surface area contributed by atoms with Gasteiger partial charge in [-0.1, -0.05) is 6.07 Å². The minimum Gasteiger partial charge on any atom is -0.497 e. The quantitative estimate of drug-likeness (QED) is 0.453.